The highest BCUT2D eigenvalue weighted by Gasteiger charge is 2.52. The van der Waals surface area contributed by atoms with Crippen LogP contribution in [0.4, 0.5) is 28.2 Å². The number of carbonyl (C=O) groups is 6. The summed E-state index contributed by atoms with van der Waals surface area (Å²) < 4.78 is 95.9. The number of benzene rings is 6. The summed E-state index contributed by atoms with van der Waals surface area (Å²) in [7, 11) is -6.27. The van der Waals surface area contributed by atoms with E-state index in [1.807, 2.05) is 95.8 Å². The number of thiophene rings is 3. The molecule has 0 bridgehead atoms. The SMILES string of the molecule is CC(=O)c1c(-c2ccc3scnc3c2)csc1NC(=O)c1cc2ccccc2o1.CC(=O)c1c(OS(=O)(=O)C(F)(F)F)csc1NC(=O)c1cc2ccccc2o1.CC1(C)OB(c2ccc3scnc3c2)OC1(C)C.O=C(Nc1scc(-c2ccc3scnc3c2)c1C(=O)O)c1cc2ccccc2o1. The van der Waals surface area contributed by atoms with Gasteiger partial charge in [-0.2, -0.15) is 21.6 Å². The number of thiazole rings is 3. The Labute approximate surface area is 611 Å². The van der Waals surface area contributed by atoms with Gasteiger partial charge in [0, 0.05) is 43.4 Å². The molecule has 1 aliphatic heterocycles. The van der Waals surface area contributed by atoms with Crippen LogP contribution in [0.15, 0.2) is 192 Å². The molecule has 21 nitrogen and oxygen atoms in total. The molecule has 4 N–H and O–H groups in total. The van der Waals surface area contributed by atoms with E-state index in [0.717, 1.165) is 82.5 Å². The van der Waals surface area contributed by atoms with Gasteiger partial charge in [-0.3, -0.25) is 24.0 Å². The van der Waals surface area contributed by atoms with Crippen LogP contribution in [0.2, 0.25) is 0 Å². The van der Waals surface area contributed by atoms with Gasteiger partial charge in [-0.15, -0.1) is 68.0 Å². The summed E-state index contributed by atoms with van der Waals surface area (Å²) in [5, 5.41) is 25.0. The third-order valence-electron chi connectivity index (χ3n) is 16.5. The second-order valence-electron chi connectivity index (χ2n) is 24.0. The van der Waals surface area contributed by atoms with Crippen LogP contribution >= 0.6 is 68.0 Å². The molecule has 3 amide bonds. The average Bonchev–Trinajstić information content (AvgIpc) is 1.62. The number of furan rings is 3. The summed E-state index contributed by atoms with van der Waals surface area (Å²) in [6, 6.07) is 44.0. The van der Waals surface area contributed by atoms with Crippen LogP contribution in [0, 0.1) is 0 Å². The predicted molar refractivity (Wildman–Crippen MR) is 401 cm³/mol. The molecule has 1 fully saturated rings. The summed E-state index contributed by atoms with van der Waals surface area (Å²) in [5.74, 6) is -4.26. The number of para-hydroxylation sites is 3. The van der Waals surface area contributed by atoms with Gasteiger partial charge in [-0.25, -0.2) is 19.7 Å². The number of nitrogens with one attached hydrogen (secondary N) is 3. The summed E-state index contributed by atoms with van der Waals surface area (Å²) in [5.41, 5.74) is 7.58. The molecule has 0 atom stereocenters. The minimum Gasteiger partial charge on any atom is -0.478 e. The lowest BCUT2D eigenvalue weighted by atomic mass is 9.79. The predicted octanol–water partition coefficient (Wildman–Crippen LogP) is 18.7. The number of hydrogen-bond acceptors (Lipinski definition) is 23. The lowest BCUT2D eigenvalue weighted by Crippen LogP contribution is -2.41. The fraction of sp³-hybridized carbons (Fsp3) is 0.125. The standard InChI is InChI=1S/C22H14N2O3S2.C21H12N2O4S2.C16H10F3NO6S2.C13H16BNO2S/c1-12(25)20-15(13-6-7-19-16(8-13)23-11-29-19)10-28-22(20)24-21(26)18-9-14-4-2-3-5-17(14)27-18;24-19(16-8-12-3-1-2-4-15(12)27-16)23-20-18(21(25)26)13(9-28-20)11-5-6-17-14(7-11)22-10-29-17;1-8(21)13-12(26-28(23,24)16(17,18)19)7-27-15(13)20-14(22)11-6-9-4-2-3-5-10(9)25-11;1-12(2)13(3,4)17-14(16-12)9-5-6-11-10(7-9)15-8-18-11/h2-11H,1H3,(H,24,26);1-10H,(H,23,24)(H,25,26);2-7H,1H3,(H,20,22);5-8H,1-4H3. The van der Waals surface area contributed by atoms with Gasteiger partial charge in [-0.05, 0) is 131 Å². The fourth-order valence-corrected chi connectivity index (χ4v) is 16.1. The van der Waals surface area contributed by atoms with Crippen molar-refractivity contribution in [2.24, 2.45) is 0 Å². The van der Waals surface area contributed by atoms with Crippen molar-refractivity contribution >= 4 is 205 Å². The first-order valence-electron chi connectivity index (χ1n) is 30.9. The van der Waals surface area contributed by atoms with Gasteiger partial charge in [0.25, 0.3) is 17.7 Å². The number of nitrogens with zero attached hydrogens (tertiary/aromatic N) is 3. The van der Waals surface area contributed by atoms with Gasteiger partial charge in [0.15, 0.2) is 34.6 Å². The van der Waals surface area contributed by atoms with Gasteiger partial charge in [0.1, 0.15) is 37.3 Å². The van der Waals surface area contributed by atoms with Crippen LogP contribution in [0.1, 0.15) is 104 Å². The number of Topliss-reactive ketones (excluding diaryl/α,β-unsaturated/α-hetero) is 2. The van der Waals surface area contributed by atoms with E-state index in [4.69, 9.17) is 22.6 Å². The van der Waals surface area contributed by atoms with Gasteiger partial charge in [0.2, 0.25) is 0 Å². The quantitative estimate of drug-likeness (QED) is 0.0340. The molecule has 0 radical (unpaired) electrons. The summed E-state index contributed by atoms with van der Waals surface area (Å²) in [6.45, 7) is 10.8. The number of ketones is 2. The molecule has 0 unspecified atom stereocenters. The van der Waals surface area contributed by atoms with Crippen LogP contribution in [-0.4, -0.2) is 87.6 Å². The molecule has 1 aliphatic rings. The van der Waals surface area contributed by atoms with Crippen molar-refractivity contribution in [3.63, 3.8) is 0 Å². The molecule has 0 spiro atoms. The number of aromatic nitrogens is 3. The highest BCUT2D eigenvalue weighted by atomic mass is 32.2. The molecule has 32 heteroatoms. The Balaban J connectivity index is 0.000000125. The minimum absolute atomic E-state index is 0.0500. The number of halogens is 3. The Kier molecular flexibility index (Phi) is 20.0. The van der Waals surface area contributed by atoms with Crippen molar-refractivity contribution in [1.82, 2.24) is 15.0 Å². The average molecular weight is 1530 g/mol. The highest BCUT2D eigenvalue weighted by molar-refractivity contribution is 7.88. The number of amides is 3. The Morgan fingerprint density at radius 2 is 0.865 bits per heavy atom. The third kappa shape index (κ3) is 15.0. The lowest BCUT2D eigenvalue weighted by Gasteiger charge is -2.32. The van der Waals surface area contributed by atoms with E-state index >= 15 is 0 Å². The van der Waals surface area contributed by atoms with Crippen molar-refractivity contribution in [3.05, 3.63) is 212 Å². The van der Waals surface area contributed by atoms with Crippen molar-refractivity contribution in [2.45, 2.75) is 58.3 Å². The van der Waals surface area contributed by atoms with E-state index in [1.54, 1.807) is 81.5 Å². The third-order valence-corrected chi connectivity index (χ3v) is 22.6. The Morgan fingerprint density at radius 3 is 1.27 bits per heavy atom. The van der Waals surface area contributed by atoms with Gasteiger partial charge < -0.3 is 47.8 Å². The molecule has 526 valence electrons. The maximum atomic E-state index is 12.7. The van der Waals surface area contributed by atoms with Crippen LogP contribution in [-0.2, 0) is 19.4 Å². The van der Waals surface area contributed by atoms with Crippen molar-refractivity contribution in [1.29, 1.82) is 0 Å². The molecule has 9 aromatic heterocycles. The number of carboxylic acid groups (broad SMARTS) is 1. The molecule has 1 saturated heterocycles. The molecule has 15 aromatic rings. The second kappa shape index (κ2) is 28.9. The first kappa shape index (κ1) is 71.8. The van der Waals surface area contributed by atoms with Crippen molar-refractivity contribution < 1.29 is 82.2 Å². The maximum Gasteiger partial charge on any atom is 0.534 e. The number of hydrogen-bond donors (Lipinski definition) is 4. The Hall–Kier alpha value is -10.5. The molecule has 0 saturated carbocycles. The van der Waals surface area contributed by atoms with E-state index < -0.39 is 50.5 Å². The normalized spacial score (nSPS) is 13.3. The van der Waals surface area contributed by atoms with E-state index in [1.165, 1.54) is 40.4 Å². The molecule has 16 rings (SSSR count). The Bertz CT molecular complexity index is 5650. The highest BCUT2D eigenvalue weighted by Crippen LogP contribution is 2.42. The van der Waals surface area contributed by atoms with E-state index in [-0.39, 0.29) is 62.9 Å². The summed E-state index contributed by atoms with van der Waals surface area (Å²) in [6.07, 6.45) is 0. The zero-order valence-corrected chi connectivity index (χ0v) is 60.6. The lowest BCUT2D eigenvalue weighted by molar-refractivity contribution is -0.0500. The first-order chi connectivity index (χ1) is 49.6. The zero-order valence-electron chi connectivity index (χ0n) is 54.9. The number of fused-ring (bicyclic) bond motifs is 6. The van der Waals surface area contributed by atoms with Crippen LogP contribution in [0.25, 0.3) is 85.8 Å². The number of aromatic carboxylic acids is 1. The number of alkyl halides is 3. The number of rotatable bonds is 14. The van der Waals surface area contributed by atoms with E-state index in [0.29, 0.717) is 49.6 Å². The van der Waals surface area contributed by atoms with Crippen LogP contribution < -0.4 is 25.6 Å². The van der Waals surface area contributed by atoms with Gasteiger partial charge in [0.05, 0.1) is 69.5 Å². The molecule has 104 heavy (non-hydrogen) atoms. The number of carboxylic acids is 1. The Morgan fingerprint density at radius 1 is 0.490 bits per heavy atom. The topological polar surface area (TPSA) is 299 Å². The van der Waals surface area contributed by atoms with E-state index in [2.05, 4.69) is 74.9 Å². The maximum absolute atomic E-state index is 12.7. The second-order valence-corrected chi connectivity index (χ2v) is 30.8. The molecular weight excluding hydrogens is 1480 g/mol. The molecule has 10 heterocycles. The monoisotopic (exact) mass is 1530 g/mol. The smallest absolute Gasteiger partial charge is 0.478 e. The van der Waals surface area contributed by atoms with Gasteiger partial charge >= 0.3 is 28.7 Å². The van der Waals surface area contributed by atoms with Gasteiger partial charge in [-0.1, -0.05) is 72.8 Å². The van der Waals surface area contributed by atoms with Crippen LogP contribution in [0.3, 0.4) is 0 Å². The molecular formula is C72H52BF3N6O15S7. The fourth-order valence-electron chi connectivity index (χ4n) is 10.7. The largest absolute Gasteiger partial charge is 0.534 e. The number of anilines is 3. The first-order valence-corrected chi connectivity index (χ1v) is 37.6. The summed E-state index contributed by atoms with van der Waals surface area (Å²) >= 11 is 7.86. The van der Waals surface area contributed by atoms with Crippen molar-refractivity contribution in [3.8, 4) is 28.0 Å². The molecule has 6 aromatic carbocycles. The summed E-state index contributed by atoms with van der Waals surface area (Å²) in [4.78, 5) is 86.9. The zero-order chi connectivity index (χ0) is 73.6. The number of carbonyl (C=O) groups excluding carboxylic acids is 5. The van der Waals surface area contributed by atoms with Crippen LogP contribution in [0.5, 0.6) is 5.75 Å². The van der Waals surface area contributed by atoms with E-state index in [9.17, 15) is 55.5 Å². The molecule has 0 aliphatic carbocycles. The minimum atomic E-state index is -5.97. The van der Waals surface area contributed by atoms with Crippen molar-refractivity contribution in [2.75, 3.05) is 16.0 Å².